The number of para-hydroxylation sites is 2. The summed E-state index contributed by atoms with van der Waals surface area (Å²) in [5.41, 5.74) is 20.5. The van der Waals surface area contributed by atoms with Gasteiger partial charge in [0.2, 0.25) is 0 Å². The molecule has 2 unspecified atom stereocenters. The number of benzene rings is 6. The average molecular weight is 703 g/mol. The van der Waals surface area contributed by atoms with Crippen LogP contribution in [0, 0.1) is 0 Å². The Morgan fingerprint density at radius 1 is 0.472 bits per heavy atom. The number of hydrogen-bond donors (Lipinski definition) is 0. The highest BCUT2D eigenvalue weighted by atomic mass is 28.3. The van der Waals surface area contributed by atoms with Gasteiger partial charge in [-0.15, -0.1) is 0 Å². The number of rotatable bonds is 6. The topological polar surface area (TPSA) is 9.86 Å². The number of allylic oxidation sites excluding steroid dienone is 2. The van der Waals surface area contributed by atoms with Crippen molar-refractivity contribution in [2.75, 3.05) is 0 Å². The maximum absolute atomic E-state index is 2.56. The zero-order valence-corrected chi connectivity index (χ0v) is 32.7. The number of fused-ring (bicyclic) bond motifs is 8. The number of aryl methyl sites for hydroxylation is 2. The maximum Gasteiger partial charge on any atom is 0.0776 e. The zero-order chi connectivity index (χ0) is 36.2. The smallest absolute Gasteiger partial charge is 0.0776 e. The summed E-state index contributed by atoms with van der Waals surface area (Å²) in [5, 5.41) is 5.31. The molecule has 0 aliphatic heterocycles. The van der Waals surface area contributed by atoms with E-state index in [1.807, 2.05) is 0 Å². The van der Waals surface area contributed by atoms with Gasteiger partial charge in [-0.2, -0.15) is 0 Å². The Balaban J connectivity index is 1.09. The lowest BCUT2D eigenvalue weighted by atomic mass is 9.96. The van der Waals surface area contributed by atoms with Crippen molar-refractivity contribution in [3.8, 4) is 22.3 Å². The van der Waals surface area contributed by atoms with E-state index < -0.39 is 8.07 Å². The summed E-state index contributed by atoms with van der Waals surface area (Å²) in [7, 11) is 2.34. The number of hydrogen-bond acceptors (Lipinski definition) is 0. The first kappa shape index (κ1) is 32.3. The van der Waals surface area contributed by atoms with Gasteiger partial charge in [-0.3, -0.25) is 0 Å². The molecule has 10 rings (SSSR count). The van der Waals surface area contributed by atoms with E-state index in [1.54, 1.807) is 22.3 Å². The third-order valence-corrected chi connectivity index (χ3v) is 19.9. The Labute approximate surface area is 313 Å². The summed E-state index contributed by atoms with van der Waals surface area (Å²) in [5.74, 6) is 0. The van der Waals surface area contributed by atoms with Gasteiger partial charge in [0.25, 0.3) is 0 Å². The Hall–Kier alpha value is -5.38. The van der Waals surface area contributed by atoms with Crippen molar-refractivity contribution >= 4 is 63.8 Å². The molecule has 2 nitrogen and oxygen atoms in total. The van der Waals surface area contributed by atoms with Crippen LogP contribution in [0.15, 0.2) is 132 Å². The summed E-state index contributed by atoms with van der Waals surface area (Å²) >= 11 is 0. The molecule has 0 fully saturated rings. The number of aromatic nitrogens is 2. The first-order valence-corrected chi connectivity index (χ1v) is 22.0. The minimum absolute atomic E-state index is 0.476. The van der Waals surface area contributed by atoms with Gasteiger partial charge in [0.15, 0.2) is 0 Å². The molecule has 0 amide bonds. The van der Waals surface area contributed by atoms with Gasteiger partial charge in [0.05, 0.1) is 8.07 Å². The second-order valence-electron chi connectivity index (χ2n) is 15.8. The van der Waals surface area contributed by atoms with Crippen LogP contribution in [0.4, 0.5) is 0 Å². The van der Waals surface area contributed by atoms with Crippen LogP contribution in [0.5, 0.6) is 0 Å². The molecule has 0 saturated heterocycles. The van der Waals surface area contributed by atoms with E-state index >= 15 is 0 Å². The summed E-state index contributed by atoms with van der Waals surface area (Å²) in [4.78, 5) is 0. The first-order valence-electron chi connectivity index (χ1n) is 19.4. The van der Waals surface area contributed by atoms with Crippen LogP contribution in [0.3, 0.4) is 0 Å². The van der Waals surface area contributed by atoms with Gasteiger partial charge >= 0.3 is 0 Å². The van der Waals surface area contributed by atoms with E-state index in [0.717, 1.165) is 0 Å². The molecule has 0 radical (unpaired) electrons. The first-order chi connectivity index (χ1) is 25.8. The Kier molecular flexibility index (Phi) is 7.20. The molecule has 2 aliphatic carbocycles. The lowest BCUT2D eigenvalue weighted by Gasteiger charge is -2.44. The van der Waals surface area contributed by atoms with Gasteiger partial charge in [-0.25, -0.2) is 0 Å². The quantitative estimate of drug-likeness (QED) is 0.153. The van der Waals surface area contributed by atoms with Crippen LogP contribution in [0.2, 0.25) is 12.1 Å². The van der Waals surface area contributed by atoms with Crippen LogP contribution in [0.1, 0.15) is 61.0 Å². The predicted octanol–water partition coefficient (Wildman–Crippen LogP) is 13.6. The van der Waals surface area contributed by atoms with Crippen molar-refractivity contribution in [1.29, 1.82) is 0 Å². The fraction of sp³-hybridized carbons (Fsp3) is 0.200. The summed E-state index contributed by atoms with van der Waals surface area (Å²) in [6.07, 6.45) is 5.11. The molecule has 2 aliphatic rings. The lowest BCUT2D eigenvalue weighted by molar-refractivity contribution is 0.915. The summed E-state index contributed by atoms with van der Waals surface area (Å²) in [6.45, 7) is 9.87. The molecule has 3 heteroatoms. The predicted molar refractivity (Wildman–Crippen MR) is 231 cm³/mol. The minimum atomic E-state index is -2.05. The van der Waals surface area contributed by atoms with Crippen LogP contribution in [-0.4, -0.2) is 17.2 Å². The van der Waals surface area contributed by atoms with E-state index in [4.69, 9.17) is 0 Å². The van der Waals surface area contributed by atoms with E-state index in [2.05, 4.69) is 184 Å². The molecule has 8 aromatic rings. The Bertz CT molecular complexity index is 2870. The molecular formula is C50H46N2Si. The highest BCUT2D eigenvalue weighted by Gasteiger charge is 2.51. The van der Waals surface area contributed by atoms with Crippen molar-refractivity contribution in [1.82, 2.24) is 9.13 Å². The van der Waals surface area contributed by atoms with E-state index in [9.17, 15) is 0 Å². The summed E-state index contributed by atoms with van der Waals surface area (Å²) < 4.78 is 4.68. The zero-order valence-electron chi connectivity index (χ0n) is 31.7. The molecule has 0 N–H and O–H groups in total. The molecular weight excluding hydrogens is 657 g/mol. The SMILES string of the molecule is CC[Si](CC)(C1C(C)=Cc2c(-c3ccc4c(c3)c3ccccc3n4C)cccc21)C1C(C)=Cc2c(-c3ccc4c5ccccc5n(C)c4c3)cccc21. The second kappa shape index (κ2) is 11.8. The molecule has 2 heterocycles. The third kappa shape index (κ3) is 4.44. The molecule has 2 atom stereocenters. The molecule has 53 heavy (non-hydrogen) atoms. The van der Waals surface area contributed by atoms with Crippen molar-refractivity contribution < 1.29 is 0 Å². The van der Waals surface area contributed by atoms with Crippen molar-refractivity contribution in [3.63, 3.8) is 0 Å². The molecule has 6 aromatic carbocycles. The fourth-order valence-corrected chi connectivity index (χ4v) is 17.2. The average Bonchev–Trinajstić information content (AvgIpc) is 3.90. The second-order valence-corrected chi connectivity index (χ2v) is 20.9. The van der Waals surface area contributed by atoms with Gasteiger partial charge in [-0.1, -0.05) is 140 Å². The van der Waals surface area contributed by atoms with Gasteiger partial charge in [0, 0.05) is 68.8 Å². The van der Waals surface area contributed by atoms with Crippen molar-refractivity contribution in [3.05, 3.63) is 155 Å². The molecule has 0 bridgehead atoms. The molecule has 0 saturated carbocycles. The standard InChI is InChI=1S/C50H46N2Si/c1-7-53(8-2,49-31(3)27-42-35(17-13-19-40(42)49)33-24-26-47-44(29-33)38-16-10-12-22-46(38)51(47)5)50-32(4)28-43-36(18-14-20-41(43)50)34-23-25-39-37-15-9-11-21-45(37)52(6)48(39)30-34/h9-30,49-50H,7-8H2,1-6H3. The molecule has 2 aromatic heterocycles. The van der Waals surface area contributed by atoms with Crippen LogP contribution in [-0.2, 0) is 14.1 Å². The van der Waals surface area contributed by atoms with Gasteiger partial charge in [0.1, 0.15) is 0 Å². The lowest BCUT2D eigenvalue weighted by Crippen LogP contribution is -2.47. The van der Waals surface area contributed by atoms with Gasteiger partial charge in [-0.05, 0) is 88.7 Å². The maximum atomic E-state index is 2.56. The van der Waals surface area contributed by atoms with Crippen LogP contribution < -0.4 is 0 Å². The van der Waals surface area contributed by atoms with Crippen LogP contribution in [0.25, 0.3) is 78.0 Å². The van der Waals surface area contributed by atoms with E-state index in [0.29, 0.717) is 11.1 Å². The monoisotopic (exact) mass is 702 g/mol. The highest BCUT2D eigenvalue weighted by Crippen LogP contribution is 2.57. The normalized spacial score (nSPS) is 16.9. The Morgan fingerprint density at radius 2 is 0.943 bits per heavy atom. The third-order valence-electron chi connectivity index (χ3n) is 13.5. The van der Waals surface area contributed by atoms with Crippen molar-refractivity contribution in [2.24, 2.45) is 14.1 Å². The number of nitrogens with zero attached hydrogens (tertiary/aromatic N) is 2. The van der Waals surface area contributed by atoms with Crippen LogP contribution >= 0.6 is 0 Å². The van der Waals surface area contributed by atoms with Crippen molar-refractivity contribution in [2.45, 2.75) is 50.9 Å². The Morgan fingerprint density at radius 3 is 1.53 bits per heavy atom. The van der Waals surface area contributed by atoms with E-state index in [-0.39, 0.29) is 0 Å². The largest absolute Gasteiger partial charge is 0.344 e. The van der Waals surface area contributed by atoms with Gasteiger partial charge < -0.3 is 9.13 Å². The molecule has 260 valence electrons. The van der Waals surface area contributed by atoms with E-state index in [1.165, 1.54) is 89.1 Å². The molecule has 0 spiro atoms. The minimum Gasteiger partial charge on any atom is -0.344 e. The summed E-state index contributed by atoms with van der Waals surface area (Å²) in [6, 6.07) is 48.6. The fourth-order valence-electron chi connectivity index (χ4n) is 11.0. The highest BCUT2D eigenvalue weighted by molar-refractivity contribution is 6.84.